The maximum absolute atomic E-state index is 6.01. The van der Waals surface area contributed by atoms with Crippen molar-refractivity contribution in [1.82, 2.24) is 5.32 Å². The molecule has 0 fully saturated rings. The van der Waals surface area contributed by atoms with E-state index in [1.54, 1.807) is 0 Å². The fraction of sp³-hybridized carbons (Fsp3) is 0.333. The number of hydrogen-bond donors (Lipinski definition) is 1. The average Bonchev–Trinajstić information content (AvgIpc) is 2.43. The van der Waals surface area contributed by atoms with Gasteiger partial charge in [-0.15, -0.1) is 0 Å². The average molecular weight is 269 g/mol. The van der Waals surface area contributed by atoms with Crippen molar-refractivity contribution in [3.63, 3.8) is 0 Å². The number of ether oxygens (including phenoxy) is 1. The minimum absolute atomic E-state index is 0.336. The highest BCUT2D eigenvalue weighted by Crippen LogP contribution is 2.27. The van der Waals surface area contributed by atoms with Gasteiger partial charge in [0.05, 0.1) is 0 Å². The first-order chi connectivity index (χ1) is 9.60. The molecule has 2 aromatic carbocycles. The first-order valence-corrected chi connectivity index (χ1v) is 7.18. The Morgan fingerprint density at radius 1 is 1.10 bits per heavy atom. The zero-order valence-corrected chi connectivity index (χ0v) is 12.7. The van der Waals surface area contributed by atoms with Gasteiger partial charge in [-0.05, 0) is 56.6 Å². The van der Waals surface area contributed by atoms with Crippen LogP contribution in [0.4, 0.5) is 0 Å². The van der Waals surface area contributed by atoms with Crippen molar-refractivity contribution in [1.29, 1.82) is 0 Å². The predicted molar refractivity (Wildman–Crippen MR) is 84.5 cm³/mol. The Morgan fingerprint density at radius 3 is 2.60 bits per heavy atom. The molecule has 1 unspecified atom stereocenters. The molecule has 0 radical (unpaired) electrons. The van der Waals surface area contributed by atoms with Crippen LogP contribution in [0.1, 0.15) is 36.6 Å². The van der Waals surface area contributed by atoms with E-state index >= 15 is 0 Å². The van der Waals surface area contributed by atoms with Gasteiger partial charge in [0, 0.05) is 6.04 Å². The van der Waals surface area contributed by atoms with E-state index in [0.717, 1.165) is 23.6 Å². The lowest BCUT2D eigenvalue weighted by Gasteiger charge is -2.15. The van der Waals surface area contributed by atoms with Crippen LogP contribution < -0.4 is 10.1 Å². The summed E-state index contributed by atoms with van der Waals surface area (Å²) in [5.41, 5.74) is 3.66. The molecule has 2 rings (SSSR count). The number of hydrogen-bond acceptors (Lipinski definition) is 2. The van der Waals surface area contributed by atoms with E-state index in [4.69, 9.17) is 4.74 Å². The highest BCUT2D eigenvalue weighted by molar-refractivity contribution is 5.40. The van der Waals surface area contributed by atoms with Gasteiger partial charge in [-0.1, -0.05) is 36.8 Å². The normalized spacial score (nSPS) is 12.2. The van der Waals surface area contributed by atoms with Crippen LogP contribution in [0, 0.1) is 13.8 Å². The highest BCUT2D eigenvalue weighted by Gasteiger charge is 2.06. The molecular formula is C18H23NO. The third kappa shape index (κ3) is 3.61. The highest BCUT2D eigenvalue weighted by atomic mass is 16.5. The molecule has 20 heavy (non-hydrogen) atoms. The minimum atomic E-state index is 0.336. The summed E-state index contributed by atoms with van der Waals surface area (Å²) in [4.78, 5) is 0. The third-order valence-corrected chi connectivity index (χ3v) is 3.43. The second-order valence-corrected chi connectivity index (χ2v) is 5.22. The van der Waals surface area contributed by atoms with Gasteiger partial charge in [-0.3, -0.25) is 0 Å². The summed E-state index contributed by atoms with van der Waals surface area (Å²) in [6.45, 7) is 9.42. The van der Waals surface area contributed by atoms with Crippen LogP contribution in [0.15, 0.2) is 42.5 Å². The Morgan fingerprint density at radius 2 is 1.90 bits per heavy atom. The van der Waals surface area contributed by atoms with Crippen LogP contribution in [-0.2, 0) is 0 Å². The van der Waals surface area contributed by atoms with E-state index in [9.17, 15) is 0 Å². The molecule has 106 valence electrons. The Hall–Kier alpha value is -1.80. The van der Waals surface area contributed by atoms with E-state index in [1.165, 1.54) is 11.1 Å². The van der Waals surface area contributed by atoms with Crippen LogP contribution in [0.25, 0.3) is 0 Å². The van der Waals surface area contributed by atoms with Crippen molar-refractivity contribution in [2.24, 2.45) is 0 Å². The molecule has 0 bridgehead atoms. The SMILES string of the molecule is CCNC(C)c1cccc(Oc2ccc(C)cc2C)c1. The van der Waals surface area contributed by atoms with Crippen LogP contribution in [0.2, 0.25) is 0 Å². The fourth-order valence-electron chi connectivity index (χ4n) is 2.31. The minimum Gasteiger partial charge on any atom is -0.457 e. The largest absolute Gasteiger partial charge is 0.457 e. The summed E-state index contributed by atoms with van der Waals surface area (Å²) in [6.07, 6.45) is 0. The molecule has 0 aliphatic rings. The first kappa shape index (κ1) is 14.6. The quantitative estimate of drug-likeness (QED) is 0.844. The lowest BCUT2D eigenvalue weighted by molar-refractivity contribution is 0.476. The van der Waals surface area contributed by atoms with Crippen LogP contribution >= 0.6 is 0 Å². The lowest BCUT2D eigenvalue weighted by Crippen LogP contribution is -2.17. The van der Waals surface area contributed by atoms with Gasteiger partial charge < -0.3 is 10.1 Å². The number of aryl methyl sites for hydroxylation is 2. The van der Waals surface area contributed by atoms with Gasteiger partial charge in [0.1, 0.15) is 11.5 Å². The van der Waals surface area contributed by atoms with E-state index in [-0.39, 0.29) is 0 Å². The monoisotopic (exact) mass is 269 g/mol. The van der Waals surface area contributed by atoms with Crippen molar-refractivity contribution in [3.8, 4) is 11.5 Å². The Kier molecular flexibility index (Phi) is 4.80. The van der Waals surface area contributed by atoms with Gasteiger partial charge in [-0.25, -0.2) is 0 Å². The van der Waals surface area contributed by atoms with E-state index < -0.39 is 0 Å². The molecule has 1 atom stereocenters. The molecule has 0 amide bonds. The van der Waals surface area contributed by atoms with E-state index in [1.807, 2.05) is 18.2 Å². The summed E-state index contributed by atoms with van der Waals surface area (Å²) < 4.78 is 6.01. The van der Waals surface area contributed by atoms with Crippen molar-refractivity contribution in [3.05, 3.63) is 59.2 Å². The lowest BCUT2D eigenvalue weighted by atomic mass is 10.1. The molecule has 2 aromatic rings. The Labute approximate surface area is 121 Å². The molecule has 2 heteroatoms. The second kappa shape index (κ2) is 6.58. The summed E-state index contributed by atoms with van der Waals surface area (Å²) in [6, 6.07) is 14.9. The zero-order valence-electron chi connectivity index (χ0n) is 12.7. The molecule has 0 heterocycles. The fourth-order valence-corrected chi connectivity index (χ4v) is 2.31. The molecule has 1 N–H and O–H groups in total. The Balaban J connectivity index is 2.19. The zero-order chi connectivity index (χ0) is 14.5. The topological polar surface area (TPSA) is 21.3 Å². The van der Waals surface area contributed by atoms with Gasteiger partial charge in [-0.2, -0.15) is 0 Å². The summed E-state index contributed by atoms with van der Waals surface area (Å²) in [5, 5.41) is 3.42. The molecule has 0 spiro atoms. The van der Waals surface area contributed by atoms with Crippen molar-refractivity contribution < 1.29 is 4.74 Å². The molecule has 0 saturated carbocycles. The standard InChI is InChI=1S/C18H23NO/c1-5-19-15(4)16-7-6-8-17(12-16)20-18-10-9-13(2)11-14(18)3/h6-12,15,19H,5H2,1-4H3. The summed E-state index contributed by atoms with van der Waals surface area (Å²) >= 11 is 0. The number of benzene rings is 2. The first-order valence-electron chi connectivity index (χ1n) is 7.18. The van der Waals surface area contributed by atoms with E-state index in [0.29, 0.717) is 6.04 Å². The maximum atomic E-state index is 6.01. The third-order valence-electron chi connectivity index (χ3n) is 3.43. The number of nitrogens with one attached hydrogen (secondary N) is 1. The van der Waals surface area contributed by atoms with Crippen LogP contribution in [0.5, 0.6) is 11.5 Å². The van der Waals surface area contributed by atoms with E-state index in [2.05, 4.69) is 57.3 Å². The van der Waals surface area contributed by atoms with Gasteiger partial charge in [0.15, 0.2) is 0 Å². The molecule has 0 saturated heterocycles. The van der Waals surface area contributed by atoms with Gasteiger partial charge >= 0.3 is 0 Å². The summed E-state index contributed by atoms with van der Waals surface area (Å²) in [5.74, 6) is 1.81. The molecule has 2 nitrogen and oxygen atoms in total. The predicted octanol–water partition coefficient (Wildman–Crippen LogP) is 4.77. The second-order valence-electron chi connectivity index (χ2n) is 5.22. The maximum Gasteiger partial charge on any atom is 0.130 e. The van der Waals surface area contributed by atoms with Gasteiger partial charge in [0.25, 0.3) is 0 Å². The van der Waals surface area contributed by atoms with Crippen molar-refractivity contribution >= 4 is 0 Å². The molecule has 0 aliphatic carbocycles. The van der Waals surface area contributed by atoms with Crippen LogP contribution in [0.3, 0.4) is 0 Å². The molecule has 0 aromatic heterocycles. The summed E-state index contributed by atoms with van der Waals surface area (Å²) in [7, 11) is 0. The van der Waals surface area contributed by atoms with Gasteiger partial charge in [0.2, 0.25) is 0 Å². The van der Waals surface area contributed by atoms with Crippen molar-refractivity contribution in [2.75, 3.05) is 6.54 Å². The Bertz CT molecular complexity index is 577. The number of rotatable bonds is 5. The molecule has 0 aliphatic heterocycles. The van der Waals surface area contributed by atoms with Crippen molar-refractivity contribution in [2.45, 2.75) is 33.7 Å². The molecular weight excluding hydrogens is 246 g/mol. The van der Waals surface area contributed by atoms with Crippen LogP contribution in [-0.4, -0.2) is 6.54 Å². The smallest absolute Gasteiger partial charge is 0.130 e.